The summed E-state index contributed by atoms with van der Waals surface area (Å²) in [5, 5.41) is 0. The molecule has 0 aliphatic rings. The summed E-state index contributed by atoms with van der Waals surface area (Å²) < 4.78 is 41.6. The minimum atomic E-state index is -4.38. The van der Waals surface area contributed by atoms with Gasteiger partial charge in [-0.3, -0.25) is 9.20 Å². The van der Waals surface area contributed by atoms with Gasteiger partial charge in [0.25, 0.3) is 5.56 Å². The molecule has 0 N–H and O–H groups in total. The van der Waals surface area contributed by atoms with Crippen LogP contribution in [0.5, 0.6) is 0 Å². The fourth-order valence-electron chi connectivity index (χ4n) is 2.53. The van der Waals surface area contributed by atoms with Gasteiger partial charge in [-0.15, -0.1) is 0 Å². The molecule has 4 nitrogen and oxygen atoms in total. The molecule has 0 aliphatic heterocycles. The van der Waals surface area contributed by atoms with E-state index in [1.807, 2.05) is 24.3 Å². The van der Waals surface area contributed by atoms with Crippen molar-refractivity contribution >= 4 is 21.4 Å². The van der Waals surface area contributed by atoms with Gasteiger partial charge in [-0.1, -0.05) is 28.1 Å². The first-order valence-corrected chi connectivity index (χ1v) is 7.90. The van der Waals surface area contributed by atoms with Crippen LogP contribution in [-0.4, -0.2) is 20.1 Å². The summed E-state index contributed by atoms with van der Waals surface area (Å²) in [5.74, 6) is -0.188. The van der Waals surface area contributed by atoms with Crippen LogP contribution in [0.1, 0.15) is 17.1 Å². The van der Waals surface area contributed by atoms with Crippen molar-refractivity contribution in [2.75, 3.05) is 0 Å². The van der Waals surface area contributed by atoms with E-state index in [2.05, 4.69) is 20.9 Å². The van der Waals surface area contributed by atoms with Crippen LogP contribution in [0.25, 0.3) is 5.52 Å². The standard InChI is InChI=1S/C16H13BrF3N3O/c1-22-12(6-10-2-4-11(17)5-3-10)9-23-13(15(22)24)8-21-14(23)7-16(18,19)20/h2-5,8-9H,6-7H2,1H3. The molecule has 2 aromatic heterocycles. The van der Waals surface area contributed by atoms with Gasteiger partial charge in [0, 0.05) is 29.8 Å². The van der Waals surface area contributed by atoms with Crippen molar-refractivity contribution in [3.05, 3.63) is 68.6 Å². The minimum Gasteiger partial charge on any atom is -0.312 e. The Labute approximate surface area is 143 Å². The van der Waals surface area contributed by atoms with Crippen LogP contribution in [0.4, 0.5) is 13.2 Å². The molecule has 0 atom stereocenters. The molecule has 0 bridgehead atoms. The van der Waals surface area contributed by atoms with Gasteiger partial charge < -0.3 is 4.57 Å². The number of aromatic nitrogens is 3. The van der Waals surface area contributed by atoms with E-state index in [1.54, 1.807) is 13.2 Å². The molecule has 126 valence electrons. The fraction of sp³-hybridized carbons (Fsp3) is 0.250. The fourth-order valence-corrected chi connectivity index (χ4v) is 2.79. The van der Waals surface area contributed by atoms with Gasteiger partial charge in [-0.25, -0.2) is 4.98 Å². The first-order chi connectivity index (χ1) is 11.2. The molecule has 0 saturated heterocycles. The predicted molar refractivity (Wildman–Crippen MR) is 87.1 cm³/mol. The molecule has 0 spiro atoms. The lowest BCUT2D eigenvalue weighted by molar-refractivity contribution is -0.128. The molecule has 1 aromatic carbocycles. The van der Waals surface area contributed by atoms with Crippen molar-refractivity contribution in [2.45, 2.75) is 19.0 Å². The zero-order valence-electron chi connectivity index (χ0n) is 12.6. The molecule has 0 amide bonds. The Morgan fingerprint density at radius 3 is 2.50 bits per heavy atom. The van der Waals surface area contributed by atoms with Crippen LogP contribution < -0.4 is 5.56 Å². The van der Waals surface area contributed by atoms with Gasteiger partial charge in [-0.05, 0) is 17.7 Å². The van der Waals surface area contributed by atoms with Crippen LogP contribution in [-0.2, 0) is 19.9 Å². The monoisotopic (exact) mass is 399 g/mol. The van der Waals surface area contributed by atoms with Gasteiger partial charge in [0.15, 0.2) is 0 Å². The van der Waals surface area contributed by atoms with Crippen LogP contribution in [0.2, 0.25) is 0 Å². The zero-order chi connectivity index (χ0) is 17.5. The lowest BCUT2D eigenvalue weighted by Gasteiger charge is -2.11. The highest BCUT2D eigenvalue weighted by atomic mass is 79.9. The van der Waals surface area contributed by atoms with Crippen LogP contribution in [0.3, 0.4) is 0 Å². The van der Waals surface area contributed by atoms with Crippen molar-refractivity contribution < 1.29 is 13.2 Å². The summed E-state index contributed by atoms with van der Waals surface area (Å²) in [6.45, 7) is 0. The van der Waals surface area contributed by atoms with E-state index in [9.17, 15) is 18.0 Å². The molecular formula is C16H13BrF3N3O. The third-order valence-electron chi connectivity index (χ3n) is 3.76. The van der Waals surface area contributed by atoms with Crippen molar-refractivity contribution in [1.82, 2.24) is 14.0 Å². The SMILES string of the molecule is Cn1c(Cc2ccc(Br)cc2)cn2c(CC(F)(F)F)ncc2c1=O. The maximum Gasteiger partial charge on any atom is 0.396 e. The van der Waals surface area contributed by atoms with Crippen LogP contribution in [0, 0.1) is 0 Å². The van der Waals surface area contributed by atoms with E-state index in [1.165, 1.54) is 15.2 Å². The maximum absolute atomic E-state index is 12.7. The lowest BCUT2D eigenvalue weighted by atomic mass is 10.1. The lowest BCUT2D eigenvalue weighted by Crippen LogP contribution is -2.23. The maximum atomic E-state index is 12.7. The van der Waals surface area contributed by atoms with E-state index in [0.29, 0.717) is 12.1 Å². The molecule has 8 heteroatoms. The third kappa shape index (κ3) is 3.38. The summed E-state index contributed by atoms with van der Waals surface area (Å²) in [7, 11) is 1.60. The van der Waals surface area contributed by atoms with E-state index in [4.69, 9.17) is 0 Å². The predicted octanol–water partition coefficient (Wildman–Crippen LogP) is 3.49. The second-order valence-electron chi connectivity index (χ2n) is 5.51. The average molecular weight is 400 g/mol. The second kappa shape index (κ2) is 6.08. The second-order valence-corrected chi connectivity index (χ2v) is 6.43. The van der Waals surface area contributed by atoms with E-state index >= 15 is 0 Å². The minimum absolute atomic E-state index is 0.135. The number of nitrogens with zero attached hydrogens (tertiary/aromatic N) is 3. The number of fused-ring (bicyclic) bond motifs is 1. The molecule has 0 radical (unpaired) electrons. The summed E-state index contributed by atoms with van der Waals surface area (Å²) in [4.78, 5) is 16.2. The third-order valence-corrected chi connectivity index (χ3v) is 4.29. The summed E-state index contributed by atoms with van der Waals surface area (Å²) in [6, 6.07) is 7.53. The zero-order valence-corrected chi connectivity index (χ0v) is 14.2. The van der Waals surface area contributed by atoms with Crippen molar-refractivity contribution in [3.63, 3.8) is 0 Å². The Morgan fingerprint density at radius 2 is 1.88 bits per heavy atom. The summed E-state index contributed by atoms with van der Waals surface area (Å²) in [5.41, 5.74) is 1.32. The number of rotatable bonds is 3. The van der Waals surface area contributed by atoms with Crippen LogP contribution in [0.15, 0.2) is 45.9 Å². The summed E-state index contributed by atoms with van der Waals surface area (Å²) >= 11 is 3.35. The Bertz CT molecular complexity index is 942. The largest absolute Gasteiger partial charge is 0.396 e. The Kier molecular flexibility index (Phi) is 4.25. The van der Waals surface area contributed by atoms with Gasteiger partial charge in [0.2, 0.25) is 0 Å². The Balaban J connectivity index is 2.07. The highest BCUT2D eigenvalue weighted by Crippen LogP contribution is 2.21. The Hall–Kier alpha value is -2.09. The molecule has 0 unspecified atom stereocenters. The van der Waals surface area contributed by atoms with Crippen molar-refractivity contribution in [2.24, 2.45) is 7.05 Å². The quantitative estimate of drug-likeness (QED) is 0.676. The smallest absolute Gasteiger partial charge is 0.312 e. The molecule has 0 fully saturated rings. The first-order valence-electron chi connectivity index (χ1n) is 7.10. The number of benzene rings is 1. The van der Waals surface area contributed by atoms with Gasteiger partial charge in [-0.2, -0.15) is 13.2 Å². The first kappa shape index (κ1) is 16.8. The van der Waals surface area contributed by atoms with E-state index < -0.39 is 12.6 Å². The number of hydrogen-bond acceptors (Lipinski definition) is 2. The van der Waals surface area contributed by atoms with Gasteiger partial charge >= 0.3 is 6.18 Å². The molecular weight excluding hydrogens is 387 g/mol. The van der Waals surface area contributed by atoms with Gasteiger partial charge in [0.1, 0.15) is 17.8 Å². The average Bonchev–Trinajstić information content (AvgIpc) is 2.88. The number of halogens is 4. The van der Waals surface area contributed by atoms with Crippen molar-refractivity contribution in [3.8, 4) is 0 Å². The normalized spacial score (nSPS) is 12.0. The highest BCUT2D eigenvalue weighted by Gasteiger charge is 2.30. The number of hydrogen-bond donors (Lipinski definition) is 0. The molecule has 0 aliphatic carbocycles. The highest BCUT2D eigenvalue weighted by molar-refractivity contribution is 9.10. The number of alkyl halides is 3. The number of imidazole rings is 1. The van der Waals surface area contributed by atoms with Crippen LogP contribution >= 0.6 is 15.9 Å². The van der Waals surface area contributed by atoms with E-state index in [0.717, 1.165) is 10.0 Å². The van der Waals surface area contributed by atoms with Crippen molar-refractivity contribution in [1.29, 1.82) is 0 Å². The molecule has 24 heavy (non-hydrogen) atoms. The molecule has 3 rings (SSSR count). The summed E-state index contributed by atoms with van der Waals surface area (Å²) in [6.07, 6.45) is -2.39. The Morgan fingerprint density at radius 1 is 1.21 bits per heavy atom. The van der Waals surface area contributed by atoms with Gasteiger partial charge in [0.05, 0.1) is 6.20 Å². The molecule has 2 heterocycles. The van der Waals surface area contributed by atoms with E-state index in [-0.39, 0.29) is 16.9 Å². The topological polar surface area (TPSA) is 39.3 Å². The molecule has 3 aromatic rings. The molecule has 0 saturated carbocycles.